The van der Waals surface area contributed by atoms with Crippen LogP contribution < -0.4 is 0 Å². The van der Waals surface area contributed by atoms with Crippen molar-refractivity contribution in [3.63, 3.8) is 0 Å². The number of hydrogen-bond acceptors (Lipinski definition) is 6. The molecule has 4 rings (SSSR count). The van der Waals surface area contributed by atoms with Gasteiger partial charge in [0.25, 0.3) is 0 Å². The Kier molecular flexibility index (Phi) is 4.27. The highest BCUT2D eigenvalue weighted by Crippen LogP contribution is 2.25. The first-order valence-corrected chi connectivity index (χ1v) is 8.26. The molecule has 0 spiro atoms. The average Bonchev–Trinajstić information content (AvgIpc) is 3.06. The number of oxazole rings is 1. The van der Waals surface area contributed by atoms with Crippen LogP contribution in [0.1, 0.15) is 11.5 Å². The van der Waals surface area contributed by atoms with Crippen LogP contribution in [0.25, 0.3) is 11.5 Å². The van der Waals surface area contributed by atoms with Crippen molar-refractivity contribution in [1.82, 2.24) is 19.8 Å². The Morgan fingerprint density at radius 1 is 1.25 bits per heavy atom. The van der Waals surface area contributed by atoms with Crippen LogP contribution in [0.4, 0.5) is 0 Å². The van der Waals surface area contributed by atoms with Gasteiger partial charge in [0.2, 0.25) is 11.8 Å². The largest absolute Gasteiger partial charge is 0.441 e. The smallest absolute Gasteiger partial charge is 0.237 e. The minimum absolute atomic E-state index is 0.147. The fourth-order valence-corrected chi connectivity index (χ4v) is 3.07. The van der Waals surface area contributed by atoms with Crippen molar-refractivity contribution in [2.75, 3.05) is 39.4 Å². The Labute approximate surface area is 140 Å². The Bertz CT molecular complexity index is 710. The van der Waals surface area contributed by atoms with E-state index in [0.717, 1.165) is 30.1 Å². The van der Waals surface area contributed by atoms with Crippen LogP contribution in [-0.2, 0) is 22.5 Å². The molecule has 0 radical (unpaired) electrons. The summed E-state index contributed by atoms with van der Waals surface area (Å²) in [4.78, 5) is 25.2. The third-order valence-corrected chi connectivity index (χ3v) is 4.45. The normalized spacial score (nSPS) is 18.4. The number of hydrogen-bond donors (Lipinski definition) is 0. The first-order chi connectivity index (χ1) is 11.8. The van der Waals surface area contributed by atoms with E-state index in [2.05, 4.69) is 14.9 Å². The van der Waals surface area contributed by atoms with Gasteiger partial charge in [-0.15, -0.1) is 0 Å². The van der Waals surface area contributed by atoms with Gasteiger partial charge in [-0.3, -0.25) is 14.7 Å². The van der Waals surface area contributed by atoms with Crippen LogP contribution in [0.15, 0.2) is 28.9 Å². The van der Waals surface area contributed by atoms with E-state index in [1.165, 1.54) is 0 Å². The van der Waals surface area contributed by atoms with E-state index in [4.69, 9.17) is 9.15 Å². The molecule has 0 N–H and O–H groups in total. The minimum Gasteiger partial charge on any atom is -0.441 e. The first kappa shape index (κ1) is 15.3. The summed E-state index contributed by atoms with van der Waals surface area (Å²) in [5, 5.41) is 0. The van der Waals surface area contributed by atoms with Gasteiger partial charge in [-0.1, -0.05) is 0 Å². The summed E-state index contributed by atoms with van der Waals surface area (Å²) in [6.07, 6.45) is 4.16. The van der Waals surface area contributed by atoms with E-state index in [0.29, 0.717) is 45.2 Å². The number of amides is 1. The molecule has 7 nitrogen and oxygen atoms in total. The highest BCUT2D eigenvalue weighted by atomic mass is 16.5. The molecule has 2 aliphatic rings. The van der Waals surface area contributed by atoms with Gasteiger partial charge in [-0.25, -0.2) is 4.98 Å². The number of pyridine rings is 1. The molecule has 1 fully saturated rings. The Morgan fingerprint density at radius 3 is 2.92 bits per heavy atom. The highest BCUT2D eigenvalue weighted by Gasteiger charge is 2.27. The average molecular weight is 328 g/mol. The second-order valence-electron chi connectivity index (χ2n) is 6.08. The van der Waals surface area contributed by atoms with Crippen molar-refractivity contribution in [2.45, 2.75) is 13.0 Å². The van der Waals surface area contributed by atoms with Gasteiger partial charge < -0.3 is 14.1 Å². The molecule has 0 saturated carbocycles. The third-order valence-electron chi connectivity index (χ3n) is 4.45. The molecule has 126 valence electrons. The quantitative estimate of drug-likeness (QED) is 0.835. The lowest BCUT2D eigenvalue weighted by molar-refractivity contribution is -0.134. The standard InChI is InChI=1S/C17H20N4O3/c22-16(12-20-6-8-23-9-7-20)21-5-3-15-14(11-21)19-17(24-15)13-2-1-4-18-10-13/h1-2,4,10H,3,5-9,11-12H2. The van der Waals surface area contributed by atoms with Gasteiger partial charge in [-0.2, -0.15) is 0 Å². The van der Waals surface area contributed by atoms with Crippen molar-refractivity contribution < 1.29 is 13.9 Å². The number of morpholine rings is 1. The summed E-state index contributed by atoms with van der Waals surface area (Å²) in [5.41, 5.74) is 1.72. The number of carbonyl (C=O) groups excluding carboxylic acids is 1. The van der Waals surface area contributed by atoms with Gasteiger partial charge in [0.1, 0.15) is 11.5 Å². The van der Waals surface area contributed by atoms with Crippen molar-refractivity contribution >= 4 is 5.91 Å². The zero-order valence-corrected chi connectivity index (χ0v) is 13.5. The number of aromatic nitrogens is 2. The first-order valence-electron chi connectivity index (χ1n) is 8.26. The second-order valence-corrected chi connectivity index (χ2v) is 6.08. The Balaban J connectivity index is 1.43. The highest BCUT2D eigenvalue weighted by molar-refractivity contribution is 5.78. The molecule has 24 heavy (non-hydrogen) atoms. The monoisotopic (exact) mass is 328 g/mol. The summed E-state index contributed by atoms with van der Waals surface area (Å²) >= 11 is 0. The fourth-order valence-electron chi connectivity index (χ4n) is 3.07. The lowest BCUT2D eigenvalue weighted by atomic mass is 10.1. The molecule has 7 heteroatoms. The lowest BCUT2D eigenvalue weighted by Gasteiger charge is -2.30. The second kappa shape index (κ2) is 6.70. The molecule has 0 bridgehead atoms. The topological polar surface area (TPSA) is 71.7 Å². The summed E-state index contributed by atoms with van der Waals surface area (Å²) in [6.45, 7) is 4.69. The number of ether oxygens (including phenoxy) is 1. The predicted molar refractivity (Wildman–Crippen MR) is 86.1 cm³/mol. The van der Waals surface area contributed by atoms with E-state index in [9.17, 15) is 4.79 Å². The maximum atomic E-state index is 12.5. The van der Waals surface area contributed by atoms with Crippen LogP contribution in [0.3, 0.4) is 0 Å². The molecule has 4 heterocycles. The Morgan fingerprint density at radius 2 is 2.12 bits per heavy atom. The SMILES string of the molecule is O=C(CN1CCOCC1)N1CCc2oc(-c3cccnc3)nc2C1. The lowest BCUT2D eigenvalue weighted by Crippen LogP contribution is -2.46. The molecule has 1 saturated heterocycles. The summed E-state index contributed by atoms with van der Waals surface area (Å²) in [6, 6.07) is 3.78. The van der Waals surface area contributed by atoms with Crippen molar-refractivity contribution in [3.8, 4) is 11.5 Å². The molecule has 2 aromatic rings. The zero-order chi connectivity index (χ0) is 16.4. The fraction of sp³-hybridized carbons (Fsp3) is 0.471. The van der Waals surface area contributed by atoms with E-state index >= 15 is 0 Å². The third kappa shape index (κ3) is 3.18. The molecule has 2 aromatic heterocycles. The molecule has 1 amide bonds. The Hall–Kier alpha value is -2.25. The van der Waals surface area contributed by atoms with Gasteiger partial charge in [0.05, 0.1) is 31.9 Å². The van der Waals surface area contributed by atoms with Gasteiger partial charge >= 0.3 is 0 Å². The summed E-state index contributed by atoms with van der Waals surface area (Å²) in [5.74, 6) is 1.60. The van der Waals surface area contributed by atoms with Gasteiger partial charge in [-0.05, 0) is 12.1 Å². The maximum Gasteiger partial charge on any atom is 0.237 e. The van der Waals surface area contributed by atoms with Crippen LogP contribution in [0.2, 0.25) is 0 Å². The van der Waals surface area contributed by atoms with E-state index in [1.807, 2.05) is 17.0 Å². The van der Waals surface area contributed by atoms with Crippen molar-refractivity contribution in [2.24, 2.45) is 0 Å². The van der Waals surface area contributed by atoms with Crippen molar-refractivity contribution in [3.05, 3.63) is 36.0 Å². The van der Waals surface area contributed by atoms with E-state index in [1.54, 1.807) is 12.4 Å². The zero-order valence-electron chi connectivity index (χ0n) is 13.5. The number of fused-ring (bicyclic) bond motifs is 1. The van der Waals surface area contributed by atoms with E-state index < -0.39 is 0 Å². The number of carbonyl (C=O) groups is 1. The molecular formula is C17H20N4O3. The van der Waals surface area contributed by atoms with Crippen molar-refractivity contribution in [1.29, 1.82) is 0 Å². The summed E-state index contributed by atoms with van der Waals surface area (Å²) in [7, 11) is 0. The van der Waals surface area contributed by atoms with Gasteiger partial charge in [0.15, 0.2) is 0 Å². The maximum absolute atomic E-state index is 12.5. The van der Waals surface area contributed by atoms with E-state index in [-0.39, 0.29) is 5.91 Å². The molecule has 0 atom stereocenters. The molecule has 0 aliphatic carbocycles. The van der Waals surface area contributed by atoms with Crippen LogP contribution in [-0.4, -0.2) is 65.1 Å². The summed E-state index contributed by atoms with van der Waals surface area (Å²) < 4.78 is 11.2. The molecular weight excluding hydrogens is 308 g/mol. The predicted octanol–water partition coefficient (Wildman–Crippen LogP) is 0.953. The number of rotatable bonds is 3. The molecule has 0 unspecified atom stereocenters. The minimum atomic E-state index is 0.147. The van der Waals surface area contributed by atoms with Crippen LogP contribution in [0.5, 0.6) is 0 Å². The molecule has 0 aromatic carbocycles. The number of nitrogens with zero attached hydrogens (tertiary/aromatic N) is 4. The van der Waals surface area contributed by atoms with Crippen LogP contribution in [0, 0.1) is 0 Å². The molecule has 2 aliphatic heterocycles. The van der Waals surface area contributed by atoms with Crippen LogP contribution >= 0.6 is 0 Å². The van der Waals surface area contributed by atoms with Gasteiger partial charge in [0, 0.05) is 38.4 Å².